The zero-order valence-electron chi connectivity index (χ0n) is 29.9. The lowest BCUT2D eigenvalue weighted by Gasteiger charge is -2.43. The summed E-state index contributed by atoms with van der Waals surface area (Å²) in [6, 6.07) is -0.430. The molecular formula is C39H55FN4O4. The summed E-state index contributed by atoms with van der Waals surface area (Å²) in [5.41, 5.74) is 2.51. The van der Waals surface area contributed by atoms with Crippen molar-refractivity contribution < 1.29 is 23.5 Å². The van der Waals surface area contributed by atoms with Crippen molar-refractivity contribution in [3.63, 3.8) is 0 Å². The Morgan fingerprint density at radius 3 is 2.42 bits per heavy atom. The summed E-state index contributed by atoms with van der Waals surface area (Å²) in [5, 5.41) is 6.97. The van der Waals surface area contributed by atoms with E-state index in [2.05, 4.69) is 49.6 Å². The summed E-state index contributed by atoms with van der Waals surface area (Å²) < 4.78 is 20.8. The van der Waals surface area contributed by atoms with Gasteiger partial charge >= 0.3 is 6.09 Å². The van der Waals surface area contributed by atoms with Gasteiger partial charge in [-0.05, 0) is 76.4 Å². The minimum atomic E-state index is -1.36. The second-order valence-corrected chi connectivity index (χ2v) is 16.0. The van der Waals surface area contributed by atoms with Crippen LogP contribution in [0.1, 0.15) is 87.0 Å². The molecule has 0 aromatic rings. The van der Waals surface area contributed by atoms with Crippen LogP contribution in [0.25, 0.3) is 0 Å². The van der Waals surface area contributed by atoms with Crippen molar-refractivity contribution in [3.05, 3.63) is 70.9 Å². The Bertz CT molecular complexity index is 1440. The molecule has 0 saturated carbocycles. The smallest absolute Gasteiger partial charge is 0.410 e. The molecule has 0 aromatic carbocycles. The lowest BCUT2D eigenvalue weighted by Crippen LogP contribution is -2.55. The molecule has 48 heavy (non-hydrogen) atoms. The Morgan fingerprint density at radius 2 is 1.75 bits per heavy atom. The van der Waals surface area contributed by atoms with Gasteiger partial charge in [0.05, 0.1) is 23.6 Å². The van der Waals surface area contributed by atoms with Crippen LogP contribution in [0.4, 0.5) is 9.18 Å². The Balaban J connectivity index is 1.32. The van der Waals surface area contributed by atoms with Crippen molar-refractivity contribution in [1.29, 1.82) is 0 Å². The number of halogens is 1. The topological polar surface area (TPSA) is 91.0 Å². The molecule has 2 N–H and O–H groups in total. The fourth-order valence-corrected chi connectivity index (χ4v) is 7.48. The minimum absolute atomic E-state index is 0.00204. The maximum atomic E-state index is 15.3. The van der Waals surface area contributed by atoms with Crippen molar-refractivity contribution in [2.75, 3.05) is 19.6 Å². The fourth-order valence-electron chi connectivity index (χ4n) is 7.48. The molecule has 2 aliphatic heterocycles. The number of hydrogen-bond acceptors (Lipinski definition) is 5. The largest absolute Gasteiger partial charge is 0.444 e. The van der Waals surface area contributed by atoms with E-state index in [1.807, 2.05) is 45.1 Å². The van der Waals surface area contributed by atoms with E-state index < -0.39 is 23.7 Å². The van der Waals surface area contributed by atoms with Gasteiger partial charge in [-0.3, -0.25) is 9.59 Å². The standard InChI is InChI=1S/C39H55FN4O4/c1-25-11-8-15-32(40)33(25)36(46)44-21-10-14-31(35(45)42-29-13-9-12-27(23-29)38(2,3)4)34(44)26-16-18-28(19-17-26)41-30-20-22-43(24-30)37(47)48-39(5,6)7/h8-9,11-13,16-18,28-32,34,41H,10,14-15,19-24H2,1-7H3,(H,42,45). The van der Waals surface area contributed by atoms with Crippen LogP contribution in [-0.4, -0.2) is 83.3 Å². The summed E-state index contributed by atoms with van der Waals surface area (Å²) in [6.45, 7) is 15.6. The van der Waals surface area contributed by atoms with E-state index in [0.717, 1.165) is 18.4 Å². The maximum absolute atomic E-state index is 15.3. The number of carbonyl (C=O) groups excluding carboxylic acids is 3. The average molecular weight is 663 g/mol. The SMILES string of the molecule is CC1=C(C(=O)N2CCCC(C(=O)NC3C=CC=C(C(C)(C)C)C3)C2C2=CCC(NC3CCN(C(=O)OC(C)(C)C)C3)C=C2)C(F)CC=C1. The summed E-state index contributed by atoms with van der Waals surface area (Å²) in [4.78, 5) is 44.3. The molecule has 5 aliphatic rings. The molecule has 2 fully saturated rings. The van der Waals surface area contributed by atoms with Gasteiger partial charge in [0, 0.05) is 38.1 Å². The average Bonchev–Trinajstić information content (AvgIpc) is 3.48. The van der Waals surface area contributed by atoms with Gasteiger partial charge in [-0.1, -0.05) is 75.0 Å². The molecule has 0 radical (unpaired) electrons. The van der Waals surface area contributed by atoms with Crippen molar-refractivity contribution in [3.8, 4) is 0 Å². The fraction of sp³-hybridized carbons (Fsp3) is 0.615. The van der Waals surface area contributed by atoms with Gasteiger partial charge in [0.25, 0.3) is 5.91 Å². The van der Waals surface area contributed by atoms with Crippen LogP contribution < -0.4 is 10.6 Å². The van der Waals surface area contributed by atoms with Crippen LogP contribution in [0.2, 0.25) is 0 Å². The second-order valence-electron chi connectivity index (χ2n) is 16.0. The number of ether oxygens (including phenoxy) is 1. The number of nitrogens with zero attached hydrogens (tertiary/aromatic N) is 2. The van der Waals surface area contributed by atoms with Crippen LogP contribution in [0.15, 0.2) is 70.9 Å². The van der Waals surface area contributed by atoms with Crippen LogP contribution in [-0.2, 0) is 14.3 Å². The summed E-state index contributed by atoms with van der Waals surface area (Å²) in [7, 11) is 0. The van der Waals surface area contributed by atoms with Crippen LogP contribution in [0.3, 0.4) is 0 Å². The van der Waals surface area contributed by atoms with Gasteiger partial charge < -0.3 is 25.2 Å². The molecule has 6 unspecified atom stereocenters. The molecule has 6 atom stereocenters. The van der Waals surface area contributed by atoms with Crippen molar-refractivity contribution in [2.45, 2.75) is 123 Å². The Kier molecular flexibility index (Phi) is 10.9. The number of rotatable bonds is 6. The number of carbonyl (C=O) groups is 3. The lowest BCUT2D eigenvalue weighted by molar-refractivity contribution is -0.136. The third-order valence-electron chi connectivity index (χ3n) is 10.0. The highest BCUT2D eigenvalue weighted by atomic mass is 19.1. The molecule has 2 heterocycles. The highest BCUT2D eigenvalue weighted by Gasteiger charge is 2.43. The van der Waals surface area contributed by atoms with Gasteiger partial charge in [0.1, 0.15) is 11.8 Å². The molecule has 0 aromatic heterocycles. The first kappa shape index (κ1) is 35.8. The van der Waals surface area contributed by atoms with E-state index in [0.29, 0.717) is 44.5 Å². The number of piperidine rings is 1. The number of likely N-dealkylation sites (tertiary alicyclic amines) is 2. The third kappa shape index (κ3) is 8.57. The van der Waals surface area contributed by atoms with Crippen molar-refractivity contribution in [1.82, 2.24) is 20.4 Å². The first-order valence-electron chi connectivity index (χ1n) is 17.7. The quantitative estimate of drug-likeness (QED) is 0.340. The highest BCUT2D eigenvalue weighted by molar-refractivity contribution is 5.97. The van der Waals surface area contributed by atoms with Gasteiger partial charge in [-0.2, -0.15) is 0 Å². The van der Waals surface area contributed by atoms with Crippen molar-refractivity contribution in [2.24, 2.45) is 11.3 Å². The first-order valence-corrected chi connectivity index (χ1v) is 17.7. The molecular weight excluding hydrogens is 607 g/mol. The molecule has 3 aliphatic carbocycles. The van der Waals surface area contributed by atoms with E-state index in [9.17, 15) is 14.4 Å². The number of hydrogen-bond donors (Lipinski definition) is 2. The molecule has 5 rings (SSSR count). The predicted octanol–water partition coefficient (Wildman–Crippen LogP) is 6.48. The zero-order chi connectivity index (χ0) is 34.8. The molecule has 8 nitrogen and oxygen atoms in total. The summed E-state index contributed by atoms with van der Waals surface area (Å²) >= 11 is 0. The monoisotopic (exact) mass is 662 g/mol. The minimum Gasteiger partial charge on any atom is -0.444 e. The number of allylic oxidation sites excluding steroid dienone is 5. The third-order valence-corrected chi connectivity index (χ3v) is 10.0. The Hall–Kier alpha value is -3.46. The number of nitrogens with one attached hydrogen (secondary N) is 2. The van der Waals surface area contributed by atoms with E-state index in [4.69, 9.17) is 4.74 Å². The van der Waals surface area contributed by atoms with Gasteiger partial charge in [0.15, 0.2) is 0 Å². The molecule has 0 spiro atoms. The van der Waals surface area contributed by atoms with Crippen LogP contribution in [0, 0.1) is 11.3 Å². The molecule has 2 saturated heterocycles. The first-order chi connectivity index (χ1) is 22.6. The predicted molar refractivity (Wildman–Crippen MR) is 188 cm³/mol. The molecule has 262 valence electrons. The lowest BCUT2D eigenvalue weighted by atomic mass is 9.79. The second kappa shape index (κ2) is 14.6. The highest BCUT2D eigenvalue weighted by Crippen LogP contribution is 2.36. The van der Waals surface area contributed by atoms with Crippen LogP contribution >= 0.6 is 0 Å². The Labute approximate surface area is 286 Å². The maximum Gasteiger partial charge on any atom is 0.410 e. The summed E-state index contributed by atoms with van der Waals surface area (Å²) in [5.74, 6) is -0.850. The molecule has 0 bridgehead atoms. The number of amides is 3. The van der Waals surface area contributed by atoms with E-state index in [1.54, 1.807) is 22.8 Å². The van der Waals surface area contributed by atoms with Crippen LogP contribution in [0.5, 0.6) is 0 Å². The summed E-state index contributed by atoms with van der Waals surface area (Å²) in [6.07, 6.45) is 18.2. The molecule has 9 heteroatoms. The van der Waals surface area contributed by atoms with Gasteiger partial charge in [-0.25, -0.2) is 9.18 Å². The van der Waals surface area contributed by atoms with E-state index in [1.165, 1.54) is 5.57 Å². The van der Waals surface area contributed by atoms with Gasteiger partial charge in [-0.15, -0.1) is 0 Å². The number of alkyl halides is 1. The van der Waals surface area contributed by atoms with E-state index >= 15 is 4.39 Å². The zero-order valence-corrected chi connectivity index (χ0v) is 29.9. The van der Waals surface area contributed by atoms with Gasteiger partial charge in [0.2, 0.25) is 5.91 Å². The van der Waals surface area contributed by atoms with Crippen molar-refractivity contribution >= 4 is 17.9 Å². The van der Waals surface area contributed by atoms with E-state index in [-0.39, 0.29) is 53.4 Å². The molecule has 3 amide bonds. The Morgan fingerprint density at radius 1 is 0.979 bits per heavy atom. The normalized spacial score (nSPS) is 29.5.